The second-order valence-corrected chi connectivity index (χ2v) is 4.42. The van der Waals surface area contributed by atoms with Crippen LogP contribution in [0.2, 0.25) is 0 Å². The van der Waals surface area contributed by atoms with Gasteiger partial charge in [0.1, 0.15) is 5.75 Å². The molecule has 0 N–H and O–H groups in total. The Labute approximate surface area is 107 Å². The molecule has 0 amide bonds. The molecule has 1 aliphatic heterocycles. The fourth-order valence-electron chi connectivity index (χ4n) is 2.50. The summed E-state index contributed by atoms with van der Waals surface area (Å²) in [5, 5.41) is 2.43. The van der Waals surface area contributed by atoms with Gasteiger partial charge in [-0.1, -0.05) is 36.4 Å². The third kappa shape index (κ3) is 1.89. The highest BCUT2D eigenvalue weighted by molar-refractivity contribution is 5.97. The zero-order valence-corrected chi connectivity index (χ0v) is 10.5. The summed E-state index contributed by atoms with van der Waals surface area (Å²) in [6.07, 6.45) is 3.16. The summed E-state index contributed by atoms with van der Waals surface area (Å²) in [5.41, 5.74) is 2.68. The Kier molecular flexibility index (Phi) is 3.03. The largest absolute Gasteiger partial charge is 0.496 e. The van der Waals surface area contributed by atoms with Gasteiger partial charge in [-0.25, -0.2) is 0 Å². The molecule has 0 spiro atoms. The average molecular weight is 240 g/mol. The average Bonchev–Trinajstić information content (AvgIpc) is 2.47. The fraction of sp³-hybridized carbons (Fsp3) is 0.250. The van der Waals surface area contributed by atoms with Crippen molar-refractivity contribution in [1.29, 1.82) is 0 Å². The van der Waals surface area contributed by atoms with Crippen molar-refractivity contribution in [2.75, 3.05) is 20.3 Å². The molecule has 2 heteroatoms. The summed E-state index contributed by atoms with van der Waals surface area (Å²) in [7, 11) is 1.72. The minimum Gasteiger partial charge on any atom is -0.496 e. The highest BCUT2D eigenvalue weighted by Crippen LogP contribution is 2.33. The van der Waals surface area contributed by atoms with Crippen LogP contribution in [0, 0.1) is 0 Å². The van der Waals surface area contributed by atoms with Crippen LogP contribution in [0.15, 0.2) is 42.5 Å². The first-order valence-electron chi connectivity index (χ1n) is 6.23. The fourth-order valence-corrected chi connectivity index (χ4v) is 2.50. The van der Waals surface area contributed by atoms with Gasteiger partial charge in [0.25, 0.3) is 0 Å². The Morgan fingerprint density at radius 2 is 1.89 bits per heavy atom. The molecule has 0 saturated carbocycles. The van der Waals surface area contributed by atoms with E-state index in [0.29, 0.717) is 0 Å². The predicted octanol–water partition coefficient (Wildman–Crippen LogP) is 3.65. The number of ether oxygens (including phenoxy) is 2. The molecule has 2 nitrogen and oxygen atoms in total. The molecule has 0 saturated heterocycles. The number of benzene rings is 2. The molecular weight excluding hydrogens is 224 g/mol. The molecule has 0 aromatic heterocycles. The van der Waals surface area contributed by atoms with Crippen molar-refractivity contribution < 1.29 is 9.47 Å². The minimum atomic E-state index is 0.718. The Morgan fingerprint density at radius 3 is 2.61 bits per heavy atom. The van der Waals surface area contributed by atoms with Crippen molar-refractivity contribution in [3.8, 4) is 5.75 Å². The molecule has 1 heterocycles. The van der Waals surface area contributed by atoms with Crippen LogP contribution in [-0.2, 0) is 4.74 Å². The lowest BCUT2D eigenvalue weighted by Crippen LogP contribution is -2.04. The monoisotopic (exact) mass is 240 g/mol. The molecule has 0 radical (unpaired) electrons. The summed E-state index contributed by atoms with van der Waals surface area (Å²) >= 11 is 0. The third-order valence-corrected chi connectivity index (χ3v) is 3.41. The van der Waals surface area contributed by atoms with E-state index in [-0.39, 0.29) is 0 Å². The van der Waals surface area contributed by atoms with Gasteiger partial charge < -0.3 is 9.47 Å². The standard InChI is InChI=1S/C16H16O2/c1-17-16-7-6-13(12-8-10-18-11-9-12)14-4-2-3-5-15(14)16/h2-8H,9-11H2,1H3. The number of fused-ring (bicyclic) bond motifs is 1. The van der Waals surface area contributed by atoms with E-state index in [0.717, 1.165) is 25.4 Å². The molecule has 3 rings (SSSR count). The van der Waals surface area contributed by atoms with Crippen molar-refractivity contribution in [3.63, 3.8) is 0 Å². The van der Waals surface area contributed by atoms with E-state index in [1.165, 1.54) is 21.9 Å². The lowest BCUT2D eigenvalue weighted by Gasteiger charge is -2.16. The number of hydrogen-bond donors (Lipinski definition) is 0. The second-order valence-electron chi connectivity index (χ2n) is 4.42. The van der Waals surface area contributed by atoms with Crippen molar-refractivity contribution in [2.24, 2.45) is 0 Å². The summed E-state index contributed by atoms with van der Waals surface area (Å²) < 4.78 is 10.8. The summed E-state index contributed by atoms with van der Waals surface area (Å²) in [5.74, 6) is 0.932. The maximum absolute atomic E-state index is 5.43. The Balaban J connectivity index is 2.21. The maximum atomic E-state index is 5.43. The van der Waals surface area contributed by atoms with Gasteiger partial charge in [-0.2, -0.15) is 0 Å². The van der Waals surface area contributed by atoms with Crippen molar-refractivity contribution in [2.45, 2.75) is 6.42 Å². The summed E-state index contributed by atoms with van der Waals surface area (Å²) in [4.78, 5) is 0. The van der Waals surface area contributed by atoms with Gasteiger partial charge in [0.15, 0.2) is 0 Å². The van der Waals surface area contributed by atoms with E-state index < -0.39 is 0 Å². The highest BCUT2D eigenvalue weighted by atomic mass is 16.5. The zero-order chi connectivity index (χ0) is 12.4. The van der Waals surface area contributed by atoms with Gasteiger partial charge in [-0.15, -0.1) is 0 Å². The molecule has 0 bridgehead atoms. The van der Waals surface area contributed by atoms with Crippen molar-refractivity contribution in [1.82, 2.24) is 0 Å². The molecule has 0 fully saturated rings. The van der Waals surface area contributed by atoms with Gasteiger partial charge >= 0.3 is 0 Å². The zero-order valence-electron chi connectivity index (χ0n) is 10.5. The van der Waals surface area contributed by atoms with Crippen LogP contribution >= 0.6 is 0 Å². The Hall–Kier alpha value is -1.80. The quantitative estimate of drug-likeness (QED) is 0.797. The van der Waals surface area contributed by atoms with Crippen LogP contribution in [-0.4, -0.2) is 20.3 Å². The van der Waals surface area contributed by atoms with Gasteiger partial charge in [-0.05, 0) is 29.0 Å². The van der Waals surface area contributed by atoms with E-state index in [2.05, 4.69) is 30.3 Å². The second kappa shape index (κ2) is 4.83. The molecule has 2 aromatic carbocycles. The van der Waals surface area contributed by atoms with Crippen LogP contribution in [0.4, 0.5) is 0 Å². The van der Waals surface area contributed by atoms with Gasteiger partial charge in [0.05, 0.1) is 20.3 Å². The maximum Gasteiger partial charge on any atom is 0.126 e. The van der Waals surface area contributed by atoms with Crippen LogP contribution in [0.5, 0.6) is 5.75 Å². The Morgan fingerprint density at radius 1 is 1.06 bits per heavy atom. The molecular formula is C16H16O2. The first-order chi connectivity index (χ1) is 8.90. The molecule has 18 heavy (non-hydrogen) atoms. The van der Waals surface area contributed by atoms with E-state index in [1.54, 1.807) is 7.11 Å². The van der Waals surface area contributed by atoms with Gasteiger partial charge in [-0.3, -0.25) is 0 Å². The molecule has 0 unspecified atom stereocenters. The SMILES string of the molecule is COc1ccc(C2=CCOCC2)c2ccccc12. The first kappa shape index (κ1) is 11.3. The van der Waals surface area contributed by atoms with Crippen LogP contribution in [0.3, 0.4) is 0 Å². The number of hydrogen-bond acceptors (Lipinski definition) is 2. The summed E-state index contributed by atoms with van der Waals surface area (Å²) in [6.45, 7) is 1.53. The van der Waals surface area contributed by atoms with Crippen LogP contribution in [0.25, 0.3) is 16.3 Å². The third-order valence-electron chi connectivity index (χ3n) is 3.41. The van der Waals surface area contributed by atoms with Crippen LogP contribution in [0.1, 0.15) is 12.0 Å². The van der Waals surface area contributed by atoms with Crippen LogP contribution < -0.4 is 4.74 Å². The van der Waals surface area contributed by atoms with E-state index >= 15 is 0 Å². The molecule has 0 aliphatic carbocycles. The van der Waals surface area contributed by atoms with E-state index in [9.17, 15) is 0 Å². The topological polar surface area (TPSA) is 18.5 Å². The van der Waals surface area contributed by atoms with E-state index in [4.69, 9.17) is 9.47 Å². The molecule has 0 atom stereocenters. The van der Waals surface area contributed by atoms with Gasteiger partial charge in [0.2, 0.25) is 0 Å². The Bertz CT molecular complexity index is 599. The normalized spacial score (nSPS) is 15.5. The highest BCUT2D eigenvalue weighted by Gasteiger charge is 2.11. The van der Waals surface area contributed by atoms with Crippen molar-refractivity contribution >= 4 is 16.3 Å². The number of methoxy groups -OCH3 is 1. The van der Waals surface area contributed by atoms with E-state index in [1.807, 2.05) is 12.1 Å². The predicted molar refractivity (Wildman–Crippen MR) is 73.9 cm³/mol. The lowest BCUT2D eigenvalue weighted by molar-refractivity contribution is 0.161. The number of rotatable bonds is 2. The van der Waals surface area contributed by atoms with Crippen molar-refractivity contribution in [3.05, 3.63) is 48.0 Å². The molecule has 92 valence electrons. The van der Waals surface area contributed by atoms with Gasteiger partial charge in [0, 0.05) is 5.39 Å². The first-order valence-corrected chi connectivity index (χ1v) is 6.23. The minimum absolute atomic E-state index is 0.718. The smallest absolute Gasteiger partial charge is 0.126 e. The lowest BCUT2D eigenvalue weighted by atomic mass is 9.95. The molecule has 2 aromatic rings. The summed E-state index contributed by atoms with van der Waals surface area (Å²) in [6, 6.07) is 12.6. The molecule has 1 aliphatic rings.